The van der Waals surface area contributed by atoms with Crippen molar-refractivity contribution in [3.05, 3.63) is 194 Å². The van der Waals surface area contributed by atoms with Crippen LogP contribution in [0.1, 0.15) is 0 Å². The van der Waals surface area contributed by atoms with Crippen LogP contribution in [0.2, 0.25) is 0 Å². The normalized spacial score (nSPS) is 11.6. The summed E-state index contributed by atoms with van der Waals surface area (Å²) < 4.78 is 2.35. The maximum absolute atomic E-state index is 5.31. The van der Waals surface area contributed by atoms with Gasteiger partial charge in [-0.1, -0.05) is 158 Å². The van der Waals surface area contributed by atoms with Crippen molar-refractivity contribution in [2.24, 2.45) is 0 Å². The zero-order valence-corrected chi connectivity index (χ0v) is 29.8. The standard InChI is InChI=1S/C51H32N4/c1-2-14-34(15-3-1)46-32-47(38-28-27-33-13-4-5-16-35(33)29-38)53-50(52-46)39-19-10-17-36(30-39)37-18-11-20-40(31-37)51-54-45-25-12-24-44-42-22-7-6-21-41(42)43-23-8-9-26-48(43)55(51)49(44)45/h1-32H. The van der Waals surface area contributed by atoms with E-state index < -0.39 is 0 Å². The maximum atomic E-state index is 5.31. The van der Waals surface area contributed by atoms with Gasteiger partial charge in [0.2, 0.25) is 0 Å². The van der Waals surface area contributed by atoms with Crippen molar-refractivity contribution in [2.45, 2.75) is 0 Å². The highest BCUT2D eigenvalue weighted by atomic mass is 15.1. The number of hydrogen-bond donors (Lipinski definition) is 0. The molecule has 0 fully saturated rings. The first-order valence-electron chi connectivity index (χ1n) is 18.6. The van der Waals surface area contributed by atoms with Gasteiger partial charge in [-0.05, 0) is 69.4 Å². The maximum Gasteiger partial charge on any atom is 0.160 e. The number of benzene rings is 8. The number of para-hydroxylation sites is 2. The molecule has 0 radical (unpaired) electrons. The molecule has 2 aromatic heterocycles. The van der Waals surface area contributed by atoms with Gasteiger partial charge in [-0.25, -0.2) is 15.0 Å². The van der Waals surface area contributed by atoms with Crippen molar-refractivity contribution >= 4 is 21.8 Å². The van der Waals surface area contributed by atoms with Crippen LogP contribution in [0.25, 0.3) is 106 Å². The topological polar surface area (TPSA) is 43.6 Å². The minimum absolute atomic E-state index is 0.686. The Labute approximate surface area is 318 Å². The van der Waals surface area contributed by atoms with E-state index in [9.17, 15) is 0 Å². The summed E-state index contributed by atoms with van der Waals surface area (Å²) in [6.07, 6.45) is 0. The Morgan fingerprint density at radius 2 is 0.909 bits per heavy atom. The van der Waals surface area contributed by atoms with Crippen molar-refractivity contribution in [1.29, 1.82) is 0 Å². The van der Waals surface area contributed by atoms with Gasteiger partial charge in [-0.2, -0.15) is 0 Å². The second kappa shape index (κ2) is 12.6. The van der Waals surface area contributed by atoms with Crippen LogP contribution in [-0.4, -0.2) is 19.5 Å². The summed E-state index contributed by atoms with van der Waals surface area (Å²) >= 11 is 0. The SMILES string of the molecule is c1ccc(-c2cc(-c3ccc4ccccc4c3)nc(-c3cccc(-c4cccc(-c5nc6cccc7c6n5-c5ccccc5-c5ccccc5-7)c4)c3)n2)cc1. The molecule has 0 saturated heterocycles. The molecule has 1 aliphatic heterocycles. The summed E-state index contributed by atoms with van der Waals surface area (Å²) in [7, 11) is 0. The average molecular weight is 701 g/mol. The fourth-order valence-electron chi connectivity index (χ4n) is 8.13. The van der Waals surface area contributed by atoms with Crippen molar-refractivity contribution < 1.29 is 0 Å². The smallest absolute Gasteiger partial charge is 0.160 e. The predicted octanol–water partition coefficient (Wildman–Crippen LogP) is 13.0. The van der Waals surface area contributed by atoms with Crippen molar-refractivity contribution in [1.82, 2.24) is 19.5 Å². The van der Waals surface area contributed by atoms with Crippen molar-refractivity contribution in [3.8, 4) is 84.4 Å². The van der Waals surface area contributed by atoms with Crippen LogP contribution in [0.5, 0.6) is 0 Å². The molecule has 8 aromatic carbocycles. The summed E-state index contributed by atoms with van der Waals surface area (Å²) in [5.41, 5.74) is 16.1. The Hall–Kier alpha value is -7.43. The van der Waals surface area contributed by atoms with Crippen molar-refractivity contribution in [3.63, 3.8) is 0 Å². The van der Waals surface area contributed by atoms with E-state index in [4.69, 9.17) is 15.0 Å². The van der Waals surface area contributed by atoms with Gasteiger partial charge in [0.25, 0.3) is 0 Å². The molecular formula is C51H32N4. The molecule has 3 heterocycles. The number of rotatable bonds is 5. The predicted molar refractivity (Wildman–Crippen MR) is 226 cm³/mol. The molecule has 0 unspecified atom stereocenters. The van der Waals surface area contributed by atoms with E-state index in [2.05, 4.69) is 193 Å². The third kappa shape index (κ3) is 5.26. The molecule has 11 rings (SSSR count). The van der Waals surface area contributed by atoms with E-state index in [1.807, 2.05) is 6.07 Å². The molecule has 0 amide bonds. The molecule has 4 nitrogen and oxygen atoms in total. The molecule has 10 aromatic rings. The summed E-state index contributed by atoms with van der Waals surface area (Å²) in [6.45, 7) is 0. The Morgan fingerprint density at radius 1 is 0.327 bits per heavy atom. The lowest BCUT2D eigenvalue weighted by atomic mass is 9.94. The summed E-state index contributed by atoms with van der Waals surface area (Å²) in [6, 6.07) is 68.5. The van der Waals surface area contributed by atoms with Gasteiger partial charge in [-0.3, -0.25) is 4.57 Å². The minimum atomic E-state index is 0.686. The quantitative estimate of drug-likeness (QED) is 0.179. The Morgan fingerprint density at radius 3 is 1.73 bits per heavy atom. The third-order valence-corrected chi connectivity index (χ3v) is 10.7. The molecule has 4 heteroatoms. The van der Waals surface area contributed by atoms with Crippen LogP contribution < -0.4 is 0 Å². The number of imidazole rings is 1. The molecule has 0 N–H and O–H groups in total. The van der Waals surface area contributed by atoms with E-state index in [0.29, 0.717) is 5.82 Å². The molecular weight excluding hydrogens is 669 g/mol. The summed E-state index contributed by atoms with van der Waals surface area (Å²) in [5.74, 6) is 1.60. The van der Waals surface area contributed by atoms with E-state index >= 15 is 0 Å². The average Bonchev–Trinajstić information content (AvgIpc) is 3.61. The second-order valence-electron chi connectivity index (χ2n) is 14.1. The summed E-state index contributed by atoms with van der Waals surface area (Å²) in [5, 5.41) is 2.39. The summed E-state index contributed by atoms with van der Waals surface area (Å²) in [4.78, 5) is 15.6. The van der Waals surface area contributed by atoms with E-state index in [1.165, 1.54) is 33.0 Å². The van der Waals surface area contributed by atoms with Gasteiger partial charge in [0.1, 0.15) is 5.82 Å². The molecule has 0 aliphatic carbocycles. The van der Waals surface area contributed by atoms with E-state index in [0.717, 1.165) is 67.3 Å². The monoisotopic (exact) mass is 700 g/mol. The molecule has 256 valence electrons. The van der Waals surface area contributed by atoms with Crippen molar-refractivity contribution in [2.75, 3.05) is 0 Å². The molecule has 0 atom stereocenters. The Balaban J connectivity index is 1.04. The first kappa shape index (κ1) is 31.1. The first-order chi connectivity index (χ1) is 27.2. The lowest BCUT2D eigenvalue weighted by Crippen LogP contribution is -1.99. The van der Waals surface area contributed by atoms with Crippen LogP contribution in [0.15, 0.2) is 194 Å². The zero-order valence-electron chi connectivity index (χ0n) is 29.8. The van der Waals surface area contributed by atoms with Crippen LogP contribution in [0.4, 0.5) is 0 Å². The van der Waals surface area contributed by atoms with Gasteiger partial charge in [-0.15, -0.1) is 0 Å². The van der Waals surface area contributed by atoms with Gasteiger partial charge < -0.3 is 0 Å². The fourth-order valence-corrected chi connectivity index (χ4v) is 8.13. The fraction of sp³-hybridized carbons (Fsp3) is 0. The van der Waals surface area contributed by atoms with Gasteiger partial charge in [0, 0.05) is 33.4 Å². The Bertz CT molecular complexity index is 3100. The van der Waals surface area contributed by atoms with E-state index in [1.54, 1.807) is 0 Å². The highest BCUT2D eigenvalue weighted by Gasteiger charge is 2.25. The molecule has 55 heavy (non-hydrogen) atoms. The Kier molecular flexibility index (Phi) is 7.14. The van der Waals surface area contributed by atoms with Crippen LogP contribution in [0.3, 0.4) is 0 Å². The first-order valence-corrected chi connectivity index (χ1v) is 18.6. The largest absolute Gasteiger partial charge is 0.291 e. The highest BCUT2D eigenvalue weighted by Crippen LogP contribution is 2.45. The highest BCUT2D eigenvalue weighted by molar-refractivity contribution is 6.03. The third-order valence-electron chi connectivity index (χ3n) is 10.7. The van der Waals surface area contributed by atoms with Gasteiger partial charge in [0.05, 0.1) is 28.1 Å². The van der Waals surface area contributed by atoms with Crippen LogP contribution >= 0.6 is 0 Å². The number of hydrogen-bond acceptors (Lipinski definition) is 3. The second-order valence-corrected chi connectivity index (χ2v) is 14.1. The molecule has 0 bridgehead atoms. The van der Waals surface area contributed by atoms with E-state index in [-0.39, 0.29) is 0 Å². The minimum Gasteiger partial charge on any atom is -0.291 e. The molecule has 1 aliphatic rings. The lowest BCUT2D eigenvalue weighted by Gasteiger charge is -2.14. The van der Waals surface area contributed by atoms with Crippen LogP contribution in [0, 0.1) is 0 Å². The number of nitrogens with zero attached hydrogens (tertiary/aromatic N) is 4. The number of aromatic nitrogens is 4. The molecule has 0 saturated carbocycles. The molecule has 0 spiro atoms. The zero-order chi connectivity index (χ0) is 36.3. The van der Waals surface area contributed by atoms with Crippen LogP contribution in [-0.2, 0) is 0 Å². The number of fused-ring (bicyclic) bond motifs is 6. The van der Waals surface area contributed by atoms with Gasteiger partial charge >= 0.3 is 0 Å². The lowest BCUT2D eigenvalue weighted by molar-refractivity contribution is 1.11. The van der Waals surface area contributed by atoms with Gasteiger partial charge in [0.15, 0.2) is 5.82 Å².